The van der Waals surface area contributed by atoms with Crippen LogP contribution in [0.25, 0.3) is 10.6 Å². The quantitative estimate of drug-likeness (QED) is 0.155. The van der Waals surface area contributed by atoms with E-state index in [1.807, 2.05) is 6.92 Å². The monoisotopic (exact) mass is 503 g/mol. The molecule has 0 bridgehead atoms. The second-order valence-corrected chi connectivity index (χ2v) is 9.50. The number of carbonyl (C=O) groups is 1. The van der Waals surface area contributed by atoms with Gasteiger partial charge in [-0.1, -0.05) is 18.0 Å². The van der Waals surface area contributed by atoms with Gasteiger partial charge in [0.2, 0.25) is 5.88 Å². The van der Waals surface area contributed by atoms with Gasteiger partial charge in [0.1, 0.15) is 24.2 Å². The van der Waals surface area contributed by atoms with Gasteiger partial charge in [0.25, 0.3) is 5.69 Å². The van der Waals surface area contributed by atoms with Gasteiger partial charge in [0.15, 0.2) is 0 Å². The second kappa shape index (κ2) is 10.8. The van der Waals surface area contributed by atoms with Crippen molar-refractivity contribution in [2.75, 3.05) is 0 Å². The van der Waals surface area contributed by atoms with Crippen LogP contribution in [0.2, 0.25) is 4.34 Å². The van der Waals surface area contributed by atoms with Crippen molar-refractivity contribution in [3.63, 3.8) is 0 Å². The van der Waals surface area contributed by atoms with Gasteiger partial charge in [-0.05, 0) is 50.8 Å². The highest BCUT2D eigenvalue weighted by molar-refractivity contribution is 7.19. The number of aryl methyl sites for hydroxylation is 1. The number of carbonyl (C=O) groups excluding carboxylic acids is 1. The lowest BCUT2D eigenvalue weighted by Crippen LogP contribution is -2.20. The maximum atomic E-state index is 12.1. The molecule has 0 amide bonds. The van der Waals surface area contributed by atoms with E-state index < -0.39 is 11.1 Å². The number of benzene rings is 1. The summed E-state index contributed by atoms with van der Waals surface area (Å²) in [5, 5.41) is 10.7. The smallest absolute Gasteiger partial charge is 0.473 e. The number of hydrogen-bond acceptors (Lipinski definition) is 9. The molecule has 1 fully saturated rings. The lowest BCUT2D eigenvalue weighted by molar-refractivity contribution is -0.384. The fraction of sp³-hybridized carbons (Fsp3) is 0.348. The van der Waals surface area contributed by atoms with Crippen LogP contribution < -0.4 is 9.47 Å². The number of nitro benzene ring substituents is 1. The molecule has 0 spiro atoms. The highest BCUT2D eigenvalue weighted by Crippen LogP contribution is 2.36. The molecular formula is C23H22ClN3O6S. The fourth-order valence-corrected chi connectivity index (χ4v) is 4.87. The Balaban J connectivity index is 1.40. The molecule has 0 atom stereocenters. The number of halogens is 1. The molecule has 2 aromatic heterocycles. The van der Waals surface area contributed by atoms with Crippen LogP contribution in [0.4, 0.5) is 10.5 Å². The van der Waals surface area contributed by atoms with E-state index in [2.05, 4.69) is 9.97 Å². The summed E-state index contributed by atoms with van der Waals surface area (Å²) in [5.41, 5.74) is 1.83. The van der Waals surface area contributed by atoms with Gasteiger partial charge < -0.3 is 14.2 Å². The molecule has 1 aliphatic rings. The Kier molecular flexibility index (Phi) is 7.59. The Morgan fingerprint density at radius 3 is 2.65 bits per heavy atom. The topological polar surface area (TPSA) is 114 Å². The zero-order valence-electron chi connectivity index (χ0n) is 18.4. The van der Waals surface area contributed by atoms with Gasteiger partial charge in [-0.2, -0.15) is 0 Å². The SMILES string of the molecule is Cc1nc(-c2sc(Cl)cc2COC(=O)Oc2ccc([N+](=O)[O-])cc2)cnc1OC1CCCCC1. The molecule has 0 aliphatic heterocycles. The lowest BCUT2D eigenvalue weighted by Gasteiger charge is -2.22. The number of rotatable bonds is 7. The summed E-state index contributed by atoms with van der Waals surface area (Å²) in [4.78, 5) is 32.1. The van der Waals surface area contributed by atoms with E-state index >= 15 is 0 Å². The molecular weight excluding hydrogens is 482 g/mol. The summed E-state index contributed by atoms with van der Waals surface area (Å²) in [6, 6.07) is 6.82. The van der Waals surface area contributed by atoms with Crippen molar-refractivity contribution in [1.82, 2.24) is 9.97 Å². The van der Waals surface area contributed by atoms with Crippen molar-refractivity contribution in [3.05, 3.63) is 62.2 Å². The van der Waals surface area contributed by atoms with Crippen molar-refractivity contribution in [2.24, 2.45) is 0 Å². The first-order valence-electron chi connectivity index (χ1n) is 10.8. The molecule has 0 N–H and O–H groups in total. The molecule has 1 aromatic carbocycles. The van der Waals surface area contributed by atoms with E-state index in [0.717, 1.165) is 17.7 Å². The number of aromatic nitrogens is 2. The predicted molar refractivity (Wildman–Crippen MR) is 127 cm³/mol. The Morgan fingerprint density at radius 2 is 1.97 bits per heavy atom. The number of nitrogens with zero attached hydrogens (tertiary/aromatic N) is 3. The number of hydrogen-bond donors (Lipinski definition) is 0. The van der Waals surface area contributed by atoms with Crippen LogP contribution in [0.1, 0.15) is 43.4 Å². The van der Waals surface area contributed by atoms with Gasteiger partial charge in [-0.15, -0.1) is 11.3 Å². The third-order valence-electron chi connectivity index (χ3n) is 5.34. The fourth-order valence-electron chi connectivity index (χ4n) is 3.65. The highest BCUT2D eigenvalue weighted by atomic mass is 35.5. The minimum absolute atomic E-state index is 0.0918. The number of nitro groups is 1. The van der Waals surface area contributed by atoms with Crippen molar-refractivity contribution < 1.29 is 23.9 Å². The normalized spacial score (nSPS) is 13.9. The molecule has 9 nitrogen and oxygen atoms in total. The van der Waals surface area contributed by atoms with Gasteiger partial charge in [0.05, 0.1) is 26.0 Å². The van der Waals surface area contributed by atoms with Crippen LogP contribution in [0.3, 0.4) is 0 Å². The third-order valence-corrected chi connectivity index (χ3v) is 6.67. The van der Waals surface area contributed by atoms with E-state index in [0.29, 0.717) is 27.2 Å². The maximum Gasteiger partial charge on any atom is 0.514 e. The molecule has 2 heterocycles. The molecule has 3 aromatic rings. The minimum atomic E-state index is -0.944. The first-order chi connectivity index (χ1) is 16.4. The van der Waals surface area contributed by atoms with E-state index in [1.165, 1.54) is 54.9 Å². The molecule has 1 saturated carbocycles. The first kappa shape index (κ1) is 23.9. The second-order valence-electron chi connectivity index (χ2n) is 7.82. The van der Waals surface area contributed by atoms with Gasteiger partial charge in [0, 0.05) is 17.7 Å². The average molecular weight is 504 g/mol. The molecule has 0 radical (unpaired) electrons. The van der Waals surface area contributed by atoms with Crippen molar-refractivity contribution in [2.45, 2.75) is 51.7 Å². The summed E-state index contributed by atoms with van der Waals surface area (Å²) in [5.74, 6) is 0.664. The predicted octanol–water partition coefficient (Wildman–Crippen LogP) is 6.50. The number of ether oxygens (including phenoxy) is 3. The Labute approximate surface area is 204 Å². The molecule has 178 valence electrons. The third kappa shape index (κ3) is 6.00. The molecule has 0 saturated heterocycles. The van der Waals surface area contributed by atoms with Crippen LogP contribution >= 0.6 is 22.9 Å². The van der Waals surface area contributed by atoms with Crippen LogP contribution in [0, 0.1) is 17.0 Å². The van der Waals surface area contributed by atoms with E-state index in [9.17, 15) is 14.9 Å². The van der Waals surface area contributed by atoms with Crippen LogP contribution in [-0.2, 0) is 11.3 Å². The number of thiophene rings is 1. The molecule has 1 aliphatic carbocycles. The van der Waals surface area contributed by atoms with Crippen molar-refractivity contribution in [3.8, 4) is 22.2 Å². The first-order valence-corrected chi connectivity index (χ1v) is 12.0. The van der Waals surface area contributed by atoms with Crippen LogP contribution in [0.15, 0.2) is 36.5 Å². The molecule has 0 unspecified atom stereocenters. The van der Waals surface area contributed by atoms with E-state index in [1.54, 1.807) is 12.3 Å². The van der Waals surface area contributed by atoms with Crippen LogP contribution in [0.5, 0.6) is 11.6 Å². The zero-order valence-corrected chi connectivity index (χ0v) is 19.9. The molecule has 11 heteroatoms. The Morgan fingerprint density at radius 1 is 1.24 bits per heavy atom. The van der Waals surface area contributed by atoms with Crippen molar-refractivity contribution >= 4 is 34.8 Å². The van der Waals surface area contributed by atoms with E-state index in [-0.39, 0.29) is 24.1 Å². The summed E-state index contributed by atoms with van der Waals surface area (Å²) < 4.78 is 16.9. The van der Waals surface area contributed by atoms with Crippen molar-refractivity contribution in [1.29, 1.82) is 0 Å². The average Bonchev–Trinajstić information content (AvgIpc) is 3.20. The minimum Gasteiger partial charge on any atom is -0.473 e. The summed E-state index contributed by atoms with van der Waals surface area (Å²) in [6.45, 7) is 1.76. The maximum absolute atomic E-state index is 12.1. The lowest BCUT2D eigenvalue weighted by atomic mass is 9.98. The summed E-state index contributed by atoms with van der Waals surface area (Å²) in [6.07, 6.45) is 6.50. The highest BCUT2D eigenvalue weighted by Gasteiger charge is 2.19. The largest absolute Gasteiger partial charge is 0.514 e. The number of non-ortho nitro benzene ring substituents is 1. The molecule has 4 rings (SSSR count). The Bertz CT molecular complexity index is 1180. The zero-order chi connectivity index (χ0) is 24.1. The van der Waals surface area contributed by atoms with Gasteiger partial charge in [-0.3, -0.25) is 10.1 Å². The van der Waals surface area contributed by atoms with E-state index in [4.69, 9.17) is 25.8 Å². The standard InChI is InChI=1S/C23H22ClN3O6S/c1-14-22(32-17-5-3-2-4-6-17)25-12-19(26-14)21-15(11-20(24)34-21)13-31-23(28)33-18-9-7-16(8-10-18)27(29)30/h7-12,17H,2-6,13H2,1H3. The van der Waals surface area contributed by atoms with Gasteiger partial charge in [-0.25, -0.2) is 14.8 Å². The van der Waals surface area contributed by atoms with Gasteiger partial charge >= 0.3 is 6.16 Å². The molecule has 34 heavy (non-hydrogen) atoms. The summed E-state index contributed by atoms with van der Waals surface area (Å²) in [7, 11) is 0. The summed E-state index contributed by atoms with van der Waals surface area (Å²) >= 11 is 7.52. The van der Waals surface area contributed by atoms with Crippen LogP contribution in [-0.4, -0.2) is 27.2 Å². The Hall–Kier alpha value is -3.24.